The van der Waals surface area contributed by atoms with Crippen LogP contribution in [0.5, 0.6) is 0 Å². The first-order valence-corrected chi connectivity index (χ1v) is 6.90. The first-order chi connectivity index (χ1) is 8.74. The highest BCUT2D eigenvalue weighted by atomic mass is 35.5. The maximum atomic E-state index is 12.4. The molecule has 3 rings (SSSR count). The van der Waals surface area contributed by atoms with Crippen molar-refractivity contribution in [1.82, 2.24) is 10.2 Å². The van der Waals surface area contributed by atoms with Gasteiger partial charge in [-0.15, -0.1) is 0 Å². The molecule has 2 fully saturated rings. The molecule has 0 radical (unpaired) electrons. The molecular weight excluding hydrogens is 248 g/mol. The van der Waals surface area contributed by atoms with Crippen molar-refractivity contribution < 1.29 is 4.79 Å². The van der Waals surface area contributed by atoms with Crippen LogP contribution in [0.4, 0.5) is 0 Å². The SMILES string of the molecule is O=C(c1ccc(Cl)cc1)N1C[C@@H]2CCCN[C@@H]2C1. The Kier molecular flexibility index (Phi) is 3.27. The third-order valence-corrected chi connectivity index (χ3v) is 4.23. The number of nitrogens with zero attached hydrogens (tertiary/aromatic N) is 1. The molecule has 0 bridgehead atoms. The summed E-state index contributed by atoms with van der Waals surface area (Å²) in [4.78, 5) is 14.3. The highest BCUT2D eigenvalue weighted by molar-refractivity contribution is 6.30. The van der Waals surface area contributed by atoms with Gasteiger partial charge in [0, 0.05) is 29.7 Å². The van der Waals surface area contributed by atoms with E-state index in [0.29, 0.717) is 17.0 Å². The third kappa shape index (κ3) is 2.25. The summed E-state index contributed by atoms with van der Waals surface area (Å²) < 4.78 is 0. The fourth-order valence-corrected chi connectivity index (χ4v) is 3.11. The summed E-state index contributed by atoms with van der Waals surface area (Å²) >= 11 is 5.84. The fraction of sp³-hybridized carbons (Fsp3) is 0.500. The molecular formula is C14H17ClN2O. The topological polar surface area (TPSA) is 32.3 Å². The fourth-order valence-electron chi connectivity index (χ4n) is 2.99. The number of halogens is 1. The second-order valence-electron chi connectivity index (χ2n) is 5.18. The second kappa shape index (κ2) is 4.90. The molecule has 2 heterocycles. The molecule has 2 atom stereocenters. The van der Waals surface area contributed by atoms with Crippen molar-refractivity contribution in [1.29, 1.82) is 0 Å². The van der Waals surface area contributed by atoms with Crippen molar-refractivity contribution in [2.75, 3.05) is 19.6 Å². The normalized spacial score (nSPS) is 27.1. The monoisotopic (exact) mass is 264 g/mol. The van der Waals surface area contributed by atoms with E-state index in [4.69, 9.17) is 11.6 Å². The van der Waals surface area contributed by atoms with Gasteiger partial charge in [0.1, 0.15) is 0 Å². The van der Waals surface area contributed by atoms with Crippen molar-refractivity contribution in [2.45, 2.75) is 18.9 Å². The summed E-state index contributed by atoms with van der Waals surface area (Å²) in [6, 6.07) is 7.65. The zero-order chi connectivity index (χ0) is 12.5. The number of benzene rings is 1. The maximum Gasteiger partial charge on any atom is 0.253 e. The van der Waals surface area contributed by atoms with Gasteiger partial charge in [-0.1, -0.05) is 11.6 Å². The average molecular weight is 265 g/mol. The van der Waals surface area contributed by atoms with Crippen molar-refractivity contribution >= 4 is 17.5 Å². The van der Waals surface area contributed by atoms with Crippen LogP contribution in [0.2, 0.25) is 5.02 Å². The number of likely N-dealkylation sites (tertiary alicyclic amines) is 1. The highest BCUT2D eigenvalue weighted by Gasteiger charge is 2.36. The summed E-state index contributed by atoms with van der Waals surface area (Å²) in [7, 11) is 0. The van der Waals surface area contributed by atoms with Crippen LogP contribution in [0.15, 0.2) is 24.3 Å². The van der Waals surface area contributed by atoms with Crippen molar-refractivity contribution in [3.8, 4) is 0 Å². The predicted octanol–water partition coefficient (Wildman–Crippen LogP) is 2.16. The number of nitrogens with one attached hydrogen (secondary N) is 1. The molecule has 2 saturated heterocycles. The molecule has 4 heteroatoms. The zero-order valence-electron chi connectivity index (χ0n) is 10.2. The quantitative estimate of drug-likeness (QED) is 0.843. The molecule has 2 aliphatic rings. The molecule has 1 aromatic carbocycles. The molecule has 96 valence electrons. The van der Waals surface area contributed by atoms with E-state index in [1.54, 1.807) is 24.3 Å². The number of fused-ring (bicyclic) bond motifs is 1. The number of carbonyl (C=O) groups excluding carboxylic acids is 1. The van der Waals surface area contributed by atoms with E-state index in [-0.39, 0.29) is 5.91 Å². The summed E-state index contributed by atoms with van der Waals surface area (Å²) in [6.45, 7) is 2.81. The van der Waals surface area contributed by atoms with E-state index < -0.39 is 0 Å². The molecule has 1 aromatic rings. The van der Waals surface area contributed by atoms with Crippen LogP contribution < -0.4 is 5.32 Å². The first kappa shape index (κ1) is 12.0. The van der Waals surface area contributed by atoms with Gasteiger partial charge in [0.25, 0.3) is 5.91 Å². The Labute approximate surface area is 112 Å². The summed E-state index contributed by atoms with van der Waals surface area (Å²) in [6.07, 6.45) is 2.46. The van der Waals surface area contributed by atoms with Gasteiger partial charge < -0.3 is 10.2 Å². The van der Waals surface area contributed by atoms with Crippen LogP contribution >= 0.6 is 11.6 Å². The Hall–Kier alpha value is -1.06. The number of hydrogen-bond donors (Lipinski definition) is 1. The first-order valence-electron chi connectivity index (χ1n) is 6.52. The molecule has 1 amide bonds. The van der Waals surface area contributed by atoms with E-state index in [1.165, 1.54) is 12.8 Å². The molecule has 18 heavy (non-hydrogen) atoms. The number of carbonyl (C=O) groups is 1. The van der Waals surface area contributed by atoms with Gasteiger partial charge in [-0.05, 0) is 49.6 Å². The Bertz CT molecular complexity index is 432. The number of hydrogen-bond acceptors (Lipinski definition) is 2. The van der Waals surface area contributed by atoms with Crippen LogP contribution in [-0.2, 0) is 0 Å². The molecule has 0 unspecified atom stereocenters. The highest BCUT2D eigenvalue weighted by Crippen LogP contribution is 2.26. The molecule has 0 aromatic heterocycles. The van der Waals surface area contributed by atoms with Gasteiger partial charge in [0.05, 0.1) is 0 Å². The average Bonchev–Trinajstić information content (AvgIpc) is 2.82. The van der Waals surface area contributed by atoms with E-state index in [0.717, 1.165) is 25.2 Å². The third-order valence-electron chi connectivity index (χ3n) is 3.98. The molecule has 3 nitrogen and oxygen atoms in total. The molecule has 2 aliphatic heterocycles. The summed E-state index contributed by atoms with van der Waals surface area (Å²) in [5, 5.41) is 4.18. The van der Waals surface area contributed by atoms with Gasteiger partial charge in [0.15, 0.2) is 0 Å². The lowest BCUT2D eigenvalue weighted by atomic mass is 9.94. The largest absolute Gasteiger partial charge is 0.337 e. The van der Waals surface area contributed by atoms with Crippen LogP contribution in [0.1, 0.15) is 23.2 Å². The Balaban J connectivity index is 1.72. The second-order valence-corrected chi connectivity index (χ2v) is 5.62. The Morgan fingerprint density at radius 2 is 2.06 bits per heavy atom. The summed E-state index contributed by atoms with van der Waals surface area (Å²) in [5.41, 5.74) is 0.734. The Morgan fingerprint density at radius 1 is 1.28 bits per heavy atom. The molecule has 1 N–H and O–H groups in total. The Morgan fingerprint density at radius 3 is 2.78 bits per heavy atom. The predicted molar refractivity (Wildman–Crippen MR) is 71.9 cm³/mol. The van der Waals surface area contributed by atoms with Gasteiger partial charge in [-0.25, -0.2) is 0 Å². The van der Waals surface area contributed by atoms with E-state index >= 15 is 0 Å². The van der Waals surface area contributed by atoms with Crippen LogP contribution in [-0.4, -0.2) is 36.5 Å². The van der Waals surface area contributed by atoms with Gasteiger partial charge in [-0.2, -0.15) is 0 Å². The lowest BCUT2D eigenvalue weighted by molar-refractivity contribution is 0.0785. The van der Waals surface area contributed by atoms with E-state index in [9.17, 15) is 4.79 Å². The minimum Gasteiger partial charge on any atom is -0.337 e. The van der Waals surface area contributed by atoms with Crippen molar-refractivity contribution in [3.05, 3.63) is 34.9 Å². The standard InChI is InChI=1S/C14H17ClN2O/c15-12-5-3-10(4-6-12)14(18)17-8-11-2-1-7-16-13(11)9-17/h3-6,11,13,16H,1-2,7-9H2/t11-,13+/m0/s1. The summed E-state index contributed by atoms with van der Waals surface area (Å²) in [5.74, 6) is 0.762. The number of amides is 1. The smallest absolute Gasteiger partial charge is 0.253 e. The van der Waals surface area contributed by atoms with Crippen molar-refractivity contribution in [3.63, 3.8) is 0 Å². The van der Waals surface area contributed by atoms with Gasteiger partial charge in [-0.3, -0.25) is 4.79 Å². The molecule has 0 aliphatic carbocycles. The maximum absolute atomic E-state index is 12.4. The minimum atomic E-state index is 0.128. The lowest BCUT2D eigenvalue weighted by Gasteiger charge is -2.24. The van der Waals surface area contributed by atoms with Crippen molar-refractivity contribution in [2.24, 2.45) is 5.92 Å². The molecule has 0 saturated carbocycles. The van der Waals surface area contributed by atoms with Gasteiger partial charge in [0.2, 0.25) is 0 Å². The van der Waals surface area contributed by atoms with E-state index in [2.05, 4.69) is 5.32 Å². The van der Waals surface area contributed by atoms with E-state index in [1.807, 2.05) is 4.90 Å². The zero-order valence-corrected chi connectivity index (χ0v) is 11.0. The lowest BCUT2D eigenvalue weighted by Crippen LogP contribution is -2.41. The van der Waals surface area contributed by atoms with Crippen LogP contribution in [0, 0.1) is 5.92 Å². The number of piperidine rings is 1. The van der Waals surface area contributed by atoms with Crippen LogP contribution in [0.25, 0.3) is 0 Å². The van der Waals surface area contributed by atoms with Gasteiger partial charge >= 0.3 is 0 Å². The number of rotatable bonds is 1. The minimum absolute atomic E-state index is 0.128. The van der Waals surface area contributed by atoms with Crippen LogP contribution in [0.3, 0.4) is 0 Å². The molecule has 0 spiro atoms.